The van der Waals surface area contributed by atoms with Gasteiger partial charge >= 0.3 is 6.18 Å². The lowest BCUT2D eigenvalue weighted by molar-refractivity contribution is -0.137. The Hall–Kier alpha value is -0.970. The van der Waals surface area contributed by atoms with Gasteiger partial charge in [0.05, 0.1) is 16.3 Å². The fourth-order valence-corrected chi connectivity index (χ4v) is 2.14. The van der Waals surface area contributed by atoms with Gasteiger partial charge in [-0.15, -0.1) is 0 Å². The van der Waals surface area contributed by atoms with Crippen LogP contribution in [0.5, 0.6) is 0 Å². The lowest BCUT2D eigenvalue weighted by atomic mass is 10.1. The summed E-state index contributed by atoms with van der Waals surface area (Å²) < 4.78 is 51.4. The molecule has 1 fully saturated rings. The summed E-state index contributed by atoms with van der Waals surface area (Å²) in [6.45, 7) is 1.13. The molecule has 1 aromatic rings. The van der Waals surface area contributed by atoms with Crippen LogP contribution in [0.25, 0.3) is 0 Å². The molecule has 0 amide bonds. The van der Waals surface area contributed by atoms with Crippen LogP contribution in [0, 0.1) is 5.82 Å². The maximum absolute atomic E-state index is 13.7. The first-order chi connectivity index (χ1) is 7.89. The van der Waals surface area contributed by atoms with Crippen molar-refractivity contribution in [3.05, 3.63) is 28.5 Å². The number of halogens is 5. The Morgan fingerprint density at radius 1 is 1.12 bits per heavy atom. The van der Waals surface area contributed by atoms with E-state index in [-0.39, 0.29) is 5.69 Å². The third kappa shape index (κ3) is 2.49. The van der Waals surface area contributed by atoms with Crippen molar-refractivity contribution in [1.82, 2.24) is 0 Å². The van der Waals surface area contributed by atoms with Gasteiger partial charge in [-0.2, -0.15) is 13.2 Å². The summed E-state index contributed by atoms with van der Waals surface area (Å²) in [5.74, 6) is -0.776. The number of rotatable bonds is 1. The Labute approximate surface area is 101 Å². The second-order valence-corrected chi connectivity index (χ2v) is 4.39. The van der Waals surface area contributed by atoms with Crippen molar-refractivity contribution >= 4 is 17.3 Å². The maximum Gasteiger partial charge on any atom is 0.416 e. The molecule has 0 N–H and O–H groups in total. The quantitative estimate of drug-likeness (QED) is 0.693. The van der Waals surface area contributed by atoms with Gasteiger partial charge in [0.1, 0.15) is 0 Å². The van der Waals surface area contributed by atoms with Gasteiger partial charge in [-0.25, -0.2) is 4.39 Å². The molecule has 1 aromatic carbocycles. The van der Waals surface area contributed by atoms with Crippen molar-refractivity contribution in [2.45, 2.75) is 19.0 Å². The first kappa shape index (κ1) is 12.5. The average molecular weight is 268 g/mol. The van der Waals surface area contributed by atoms with E-state index in [0.717, 1.165) is 18.9 Å². The van der Waals surface area contributed by atoms with Crippen LogP contribution in [-0.2, 0) is 6.18 Å². The van der Waals surface area contributed by atoms with Crippen molar-refractivity contribution in [2.75, 3.05) is 18.0 Å². The first-order valence-electron chi connectivity index (χ1n) is 5.21. The minimum absolute atomic E-state index is 0.0534. The van der Waals surface area contributed by atoms with Gasteiger partial charge < -0.3 is 4.90 Å². The van der Waals surface area contributed by atoms with Crippen LogP contribution in [0.2, 0.25) is 5.02 Å². The molecular formula is C11H10ClF4N. The summed E-state index contributed by atoms with van der Waals surface area (Å²) in [5, 5.41) is -0.485. The van der Waals surface area contributed by atoms with Crippen LogP contribution in [-0.4, -0.2) is 13.1 Å². The Morgan fingerprint density at radius 3 is 2.24 bits per heavy atom. The highest BCUT2D eigenvalue weighted by atomic mass is 35.5. The summed E-state index contributed by atoms with van der Waals surface area (Å²) in [4.78, 5) is 1.59. The molecule has 1 saturated heterocycles. The number of alkyl halides is 3. The molecule has 0 aromatic heterocycles. The van der Waals surface area contributed by atoms with Gasteiger partial charge in [-0.3, -0.25) is 0 Å². The molecule has 0 spiro atoms. The molecule has 1 heterocycles. The molecule has 0 radical (unpaired) electrons. The minimum Gasteiger partial charge on any atom is -0.369 e. The zero-order valence-electron chi connectivity index (χ0n) is 8.82. The van der Waals surface area contributed by atoms with Crippen molar-refractivity contribution in [1.29, 1.82) is 0 Å². The molecule has 0 bridgehead atoms. The topological polar surface area (TPSA) is 3.24 Å². The van der Waals surface area contributed by atoms with Crippen molar-refractivity contribution in [2.24, 2.45) is 0 Å². The van der Waals surface area contributed by atoms with Crippen molar-refractivity contribution in [3.8, 4) is 0 Å². The van der Waals surface area contributed by atoms with E-state index in [2.05, 4.69) is 0 Å². The average Bonchev–Trinajstić information content (AvgIpc) is 2.73. The zero-order chi connectivity index (χ0) is 12.6. The highest BCUT2D eigenvalue weighted by Crippen LogP contribution is 2.37. The lowest BCUT2D eigenvalue weighted by Gasteiger charge is -2.20. The number of benzene rings is 1. The van der Waals surface area contributed by atoms with Crippen molar-refractivity contribution in [3.63, 3.8) is 0 Å². The standard InChI is InChI=1S/C11H10ClF4N/c12-8-5-7(11(14,15)16)6-9(10(8)13)17-3-1-2-4-17/h5-6H,1-4H2. The fourth-order valence-electron chi connectivity index (χ4n) is 1.93. The second-order valence-electron chi connectivity index (χ2n) is 3.98. The van der Waals surface area contributed by atoms with Crippen molar-refractivity contribution < 1.29 is 17.6 Å². The van der Waals surface area contributed by atoms with Gasteiger partial charge in [-0.05, 0) is 25.0 Å². The Kier molecular flexibility index (Phi) is 3.21. The Morgan fingerprint density at radius 2 is 1.71 bits per heavy atom. The molecule has 2 rings (SSSR count). The van der Waals surface area contributed by atoms with Gasteiger partial charge in [0.2, 0.25) is 0 Å². The predicted molar refractivity (Wildman–Crippen MR) is 57.9 cm³/mol. The fraction of sp³-hybridized carbons (Fsp3) is 0.455. The molecule has 0 saturated carbocycles. The normalized spacial score (nSPS) is 16.6. The maximum atomic E-state index is 13.7. The van der Waals surface area contributed by atoms with E-state index < -0.39 is 22.6 Å². The summed E-state index contributed by atoms with van der Waals surface area (Å²) in [6.07, 6.45) is -2.80. The second kappa shape index (κ2) is 4.37. The van der Waals surface area contributed by atoms with Crippen LogP contribution < -0.4 is 4.90 Å². The summed E-state index contributed by atoms with van der Waals surface area (Å²) in [5.41, 5.74) is -0.965. The monoisotopic (exact) mass is 267 g/mol. The van der Waals surface area contributed by atoms with E-state index >= 15 is 0 Å². The van der Waals surface area contributed by atoms with E-state index in [0.29, 0.717) is 19.2 Å². The smallest absolute Gasteiger partial charge is 0.369 e. The molecule has 1 aliphatic heterocycles. The van der Waals surface area contributed by atoms with Gasteiger partial charge in [-0.1, -0.05) is 11.6 Å². The predicted octanol–water partition coefficient (Wildman–Crippen LogP) is 4.10. The largest absolute Gasteiger partial charge is 0.416 e. The van der Waals surface area contributed by atoms with Gasteiger partial charge in [0.15, 0.2) is 5.82 Å². The third-order valence-electron chi connectivity index (χ3n) is 2.78. The van der Waals surface area contributed by atoms with E-state index in [1.165, 1.54) is 0 Å². The van der Waals surface area contributed by atoms with Crippen LogP contribution in [0.3, 0.4) is 0 Å². The van der Waals surface area contributed by atoms with E-state index in [1.54, 1.807) is 4.90 Å². The number of hydrogen-bond acceptors (Lipinski definition) is 1. The highest BCUT2D eigenvalue weighted by Gasteiger charge is 2.33. The molecule has 17 heavy (non-hydrogen) atoms. The minimum atomic E-state index is -4.51. The first-order valence-corrected chi connectivity index (χ1v) is 5.58. The van der Waals surface area contributed by atoms with E-state index in [1.807, 2.05) is 0 Å². The molecule has 1 aliphatic rings. The summed E-state index contributed by atoms with van der Waals surface area (Å²) in [6, 6.07) is 1.45. The highest BCUT2D eigenvalue weighted by molar-refractivity contribution is 6.31. The third-order valence-corrected chi connectivity index (χ3v) is 3.06. The number of anilines is 1. The molecule has 0 atom stereocenters. The Bertz CT molecular complexity index is 424. The molecule has 6 heteroatoms. The van der Waals surface area contributed by atoms with E-state index in [4.69, 9.17) is 11.6 Å². The number of nitrogens with zero attached hydrogens (tertiary/aromatic N) is 1. The lowest BCUT2D eigenvalue weighted by Crippen LogP contribution is -2.20. The van der Waals surface area contributed by atoms with Gasteiger partial charge in [0.25, 0.3) is 0 Å². The number of hydrogen-bond donors (Lipinski definition) is 0. The SMILES string of the molecule is Fc1c(Cl)cc(C(F)(F)F)cc1N1CCCC1. The molecule has 0 unspecified atom stereocenters. The van der Waals surface area contributed by atoms with Crippen LogP contribution in [0.1, 0.15) is 18.4 Å². The summed E-state index contributed by atoms with van der Waals surface area (Å²) in [7, 11) is 0. The van der Waals surface area contributed by atoms with Crippen LogP contribution >= 0.6 is 11.6 Å². The molecule has 0 aliphatic carbocycles. The Balaban J connectivity index is 2.46. The molecule has 94 valence electrons. The molecule has 1 nitrogen and oxygen atoms in total. The molecular weight excluding hydrogens is 258 g/mol. The van der Waals surface area contributed by atoms with Crippen LogP contribution in [0.15, 0.2) is 12.1 Å². The summed E-state index contributed by atoms with van der Waals surface area (Å²) >= 11 is 5.50. The zero-order valence-corrected chi connectivity index (χ0v) is 9.58. The van der Waals surface area contributed by atoms with E-state index in [9.17, 15) is 17.6 Å². The van der Waals surface area contributed by atoms with Crippen LogP contribution in [0.4, 0.5) is 23.2 Å². The van der Waals surface area contributed by atoms with Gasteiger partial charge in [0, 0.05) is 13.1 Å².